The van der Waals surface area contributed by atoms with Crippen LogP contribution in [0.1, 0.15) is 48.0 Å². The Labute approximate surface area is 147 Å². The van der Waals surface area contributed by atoms with Gasteiger partial charge >= 0.3 is 6.03 Å². The number of amides is 2. The summed E-state index contributed by atoms with van der Waals surface area (Å²) in [6.07, 6.45) is -0.398. The Kier molecular flexibility index (Phi) is 6.14. The maximum Gasteiger partial charge on any atom is 0.315 e. The number of urea groups is 1. The van der Waals surface area contributed by atoms with Crippen molar-refractivity contribution in [1.29, 1.82) is 0 Å². The summed E-state index contributed by atoms with van der Waals surface area (Å²) >= 11 is 0. The van der Waals surface area contributed by atoms with Gasteiger partial charge in [-0.2, -0.15) is 5.10 Å². The van der Waals surface area contributed by atoms with Crippen molar-refractivity contribution in [2.75, 3.05) is 6.54 Å². The summed E-state index contributed by atoms with van der Waals surface area (Å²) in [6.45, 7) is 5.77. The molecule has 0 radical (unpaired) electrons. The molecule has 0 fully saturated rings. The molecule has 0 aliphatic rings. The van der Waals surface area contributed by atoms with Crippen LogP contribution in [-0.2, 0) is 7.05 Å². The number of nitrogens with one attached hydrogen (secondary N) is 2. The first-order valence-electron chi connectivity index (χ1n) is 8.32. The number of hydrogen-bond acceptors (Lipinski definition) is 3. The highest BCUT2D eigenvalue weighted by Crippen LogP contribution is 2.23. The minimum Gasteiger partial charge on any atom is -0.386 e. The molecule has 3 N–H and O–H groups in total. The van der Waals surface area contributed by atoms with Crippen LogP contribution < -0.4 is 10.6 Å². The summed E-state index contributed by atoms with van der Waals surface area (Å²) in [5, 5.41) is 19.9. The van der Waals surface area contributed by atoms with E-state index in [0.717, 1.165) is 17.0 Å². The van der Waals surface area contributed by atoms with E-state index in [0.29, 0.717) is 6.42 Å². The quantitative estimate of drug-likeness (QED) is 0.751. The summed E-state index contributed by atoms with van der Waals surface area (Å²) in [6, 6.07) is 5.37. The lowest BCUT2D eigenvalue weighted by Crippen LogP contribution is -2.40. The average molecular weight is 348 g/mol. The Morgan fingerprint density at radius 1 is 1.36 bits per heavy atom. The Morgan fingerprint density at radius 2 is 2.04 bits per heavy atom. The van der Waals surface area contributed by atoms with E-state index in [2.05, 4.69) is 15.7 Å². The van der Waals surface area contributed by atoms with Crippen LogP contribution in [0.25, 0.3) is 0 Å². The van der Waals surface area contributed by atoms with Crippen molar-refractivity contribution < 1.29 is 14.3 Å². The Morgan fingerprint density at radius 3 is 2.60 bits per heavy atom. The number of rotatable bonds is 6. The highest BCUT2D eigenvalue weighted by atomic mass is 19.1. The number of aliphatic hydroxyl groups excluding tert-OH is 1. The van der Waals surface area contributed by atoms with Gasteiger partial charge in [0.25, 0.3) is 0 Å². The number of nitrogens with zero attached hydrogens (tertiary/aromatic N) is 2. The average Bonchev–Trinajstić information content (AvgIpc) is 2.83. The van der Waals surface area contributed by atoms with E-state index in [1.165, 1.54) is 12.1 Å². The predicted octanol–water partition coefficient (Wildman–Crippen LogP) is 2.66. The molecular weight excluding hydrogens is 323 g/mol. The number of halogens is 1. The molecule has 0 bridgehead atoms. The van der Waals surface area contributed by atoms with E-state index in [-0.39, 0.29) is 18.2 Å². The third-order valence-electron chi connectivity index (χ3n) is 4.35. The molecule has 0 spiro atoms. The first kappa shape index (κ1) is 18.9. The van der Waals surface area contributed by atoms with Crippen LogP contribution in [0.5, 0.6) is 0 Å². The van der Waals surface area contributed by atoms with E-state index in [9.17, 15) is 14.3 Å². The molecule has 1 heterocycles. The molecule has 6 nitrogen and oxygen atoms in total. The van der Waals surface area contributed by atoms with Gasteiger partial charge in [0.15, 0.2) is 0 Å². The minimum absolute atomic E-state index is 0.0752. The molecule has 0 aliphatic carbocycles. The van der Waals surface area contributed by atoms with Crippen molar-refractivity contribution in [2.45, 2.75) is 39.3 Å². The Balaban J connectivity index is 1.98. The van der Waals surface area contributed by atoms with Crippen LogP contribution >= 0.6 is 0 Å². The molecule has 7 heteroatoms. The summed E-state index contributed by atoms with van der Waals surface area (Å²) in [4.78, 5) is 12.2. The summed E-state index contributed by atoms with van der Waals surface area (Å²) in [5.74, 6) is -0.495. The molecule has 0 aliphatic heterocycles. The third-order valence-corrected chi connectivity index (χ3v) is 4.35. The lowest BCUT2D eigenvalue weighted by Gasteiger charge is -2.19. The number of carbonyl (C=O) groups excluding carboxylic acids is 1. The topological polar surface area (TPSA) is 79.2 Å². The second-order valence-corrected chi connectivity index (χ2v) is 6.06. The Hall–Kier alpha value is -2.41. The van der Waals surface area contributed by atoms with Crippen molar-refractivity contribution >= 4 is 6.03 Å². The van der Waals surface area contributed by atoms with Gasteiger partial charge in [-0.05, 0) is 26.3 Å². The van der Waals surface area contributed by atoms with Crippen molar-refractivity contribution in [2.24, 2.45) is 7.05 Å². The number of hydrogen-bond donors (Lipinski definition) is 3. The maximum absolute atomic E-state index is 13.6. The van der Waals surface area contributed by atoms with Gasteiger partial charge in [0, 0.05) is 30.4 Å². The zero-order chi connectivity index (χ0) is 18.6. The predicted molar refractivity (Wildman–Crippen MR) is 93.6 cm³/mol. The summed E-state index contributed by atoms with van der Waals surface area (Å²) < 4.78 is 15.4. The molecule has 2 rings (SSSR count). The van der Waals surface area contributed by atoms with E-state index < -0.39 is 18.0 Å². The van der Waals surface area contributed by atoms with Crippen molar-refractivity contribution in [3.05, 3.63) is 52.6 Å². The number of benzene rings is 1. The molecule has 2 amide bonds. The molecule has 0 saturated carbocycles. The number of carbonyl (C=O) groups is 1. The molecule has 1 aromatic carbocycles. The third kappa shape index (κ3) is 4.36. The van der Waals surface area contributed by atoms with Crippen LogP contribution in [0.2, 0.25) is 0 Å². The fourth-order valence-electron chi connectivity index (χ4n) is 2.93. The first-order valence-corrected chi connectivity index (χ1v) is 8.32. The van der Waals surface area contributed by atoms with Crippen molar-refractivity contribution in [3.63, 3.8) is 0 Å². The largest absolute Gasteiger partial charge is 0.386 e. The van der Waals surface area contributed by atoms with Crippen LogP contribution in [0.15, 0.2) is 24.3 Å². The number of aryl methyl sites for hydroxylation is 2. The van der Waals surface area contributed by atoms with Gasteiger partial charge < -0.3 is 15.7 Å². The van der Waals surface area contributed by atoms with Gasteiger partial charge in [0.2, 0.25) is 0 Å². The van der Waals surface area contributed by atoms with Gasteiger partial charge in [0.05, 0.1) is 17.8 Å². The van der Waals surface area contributed by atoms with Gasteiger partial charge in [-0.25, -0.2) is 9.18 Å². The molecule has 136 valence electrons. The first-order chi connectivity index (χ1) is 11.8. The molecule has 2 atom stereocenters. The fourth-order valence-corrected chi connectivity index (χ4v) is 2.93. The molecule has 0 saturated heterocycles. The highest BCUT2D eigenvalue weighted by molar-refractivity contribution is 5.74. The van der Waals surface area contributed by atoms with Crippen LogP contribution in [0.3, 0.4) is 0 Å². The van der Waals surface area contributed by atoms with Gasteiger partial charge in [0.1, 0.15) is 5.82 Å². The number of aromatic nitrogens is 2. The number of aliphatic hydroxyl groups is 1. The van der Waals surface area contributed by atoms with E-state index in [1.807, 2.05) is 27.8 Å². The SMILES string of the molecule is CC[C@@H](NC(=O)NC[C@@H](O)c1ccccc1F)c1c(C)nn(C)c1C. The summed E-state index contributed by atoms with van der Waals surface area (Å²) in [7, 11) is 1.86. The molecule has 2 aromatic rings. The monoisotopic (exact) mass is 348 g/mol. The van der Waals surface area contributed by atoms with E-state index in [4.69, 9.17) is 0 Å². The second kappa shape index (κ2) is 8.11. The fraction of sp³-hybridized carbons (Fsp3) is 0.444. The normalized spacial score (nSPS) is 13.4. The van der Waals surface area contributed by atoms with Crippen LogP contribution in [0, 0.1) is 19.7 Å². The highest BCUT2D eigenvalue weighted by Gasteiger charge is 2.21. The van der Waals surface area contributed by atoms with E-state index in [1.54, 1.807) is 16.8 Å². The van der Waals surface area contributed by atoms with Gasteiger partial charge in [-0.15, -0.1) is 0 Å². The lowest BCUT2D eigenvalue weighted by atomic mass is 10.0. The molecular formula is C18H25FN4O2. The van der Waals surface area contributed by atoms with Gasteiger partial charge in [-0.1, -0.05) is 25.1 Å². The maximum atomic E-state index is 13.6. The second-order valence-electron chi connectivity index (χ2n) is 6.06. The zero-order valence-corrected chi connectivity index (χ0v) is 15.0. The zero-order valence-electron chi connectivity index (χ0n) is 15.0. The van der Waals surface area contributed by atoms with Crippen molar-refractivity contribution in [3.8, 4) is 0 Å². The van der Waals surface area contributed by atoms with Crippen LogP contribution in [0.4, 0.5) is 9.18 Å². The van der Waals surface area contributed by atoms with Gasteiger partial charge in [-0.3, -0.25) is 4.68 Å². The minimum atomic E-state index is -1.10. The van der Waals surface area contributed by atoms with Crippen LogP contribution in [-0.4, -0.2) is 27.5 Å². The molecule has 25 heavy (non-hydrogen) atoms. The lowest BCUT2D eigenvalue weighted by molar-refractivity contribution is 0.168. The van der Waals surface area contributed by atoms with E-state index >= 15 is 0 Å². The molecule has 0 unspecified atom stereocenters. The Bertz CT molecular complexity index is 745. The summed E-state index contributed by atoms with van der Waals surface area (Å²) in [5.41, 5.74) is 3.03. The molecule has 1 aromatic heterocycles. The van der Waals surface area contributed by atoms with Crippen molar-refractivity contribution in [1.82, 2.24) is 20.4 Å². The standard InChI is InChI=1S/C18H25FN4O2/c1-5-15(17-11(2)22-23(4)12(17)3)21-18(25)20-10-16(24)13-8-6-7-9-14(13)19/h6-9,15-16,24H,5,10H2,1-4H3,(H2,20,21,25)/t15-,16-/m1/s1. The smallest absolute Gasteiger partial charge is 0.315 e.